The average molecular weight is 426 g/mol. The number of nitrogens with two attached hydrogens (primary N) is 1. The Hall–Kier alpha value is -3.56. The van der Waals surface area contributed by atoms with E-state index >= 15 is 0 Å². The van der Waals surface area contributed by atoms with Gasteiger partial charge in [-0.25, -0.2) is 0 Å². The fourth-order valence-corrected chi connectivity index (χ4v) is 3.96. The highest BCUT2D eigenvalue weighted by Gasteiger charge is 2.35. The summed E-state index contributed by atoms with van der Waals surface area (Å²) in [5, 5.41) is 5.58. The Kier molecular flexibility index (Phi) is 5.79. The number of hydrogen-bond acceptors (Lipinski definition) is 8. The number of nitrogens with zero attached hydrogens (tertiary/aromatic N) is 3. The highest BCUT2D eigenvalue weighted by Crippen LogP contribution is 2.38. The van der Waals surface area contributed by atoms with Crippen molar-refractivity contribution in [2.24, 2.45) is 0 Å². The second kappa shape index (κ2) is 8.66. The van der Waals surface area contributed by atoms with Crippen molar-refractivity contribution in [2.45, 2.75) is 31.6 Å². The Morgan fingerprint density at radius 3 is 2.68 bits per heavy atom. The van der Waals surface area contributed by atoms with Crippen LogP contribution in [0.15, 0.2) is 18.2 Å². The molecule has 1 fully saturated rings. The second-order valence-electron chi connectivity index (χ2n) is 7.58. The van der Waals surface area contributed by atoms with Crippen molar-refractivity contribution in [3.05, 3.63) is 23.8 Å². The molecule has 0 radical (unpaired) electrons. The average Bonchev–Trinajstić information content (AvgIpc) is 2.78. The predicted octanol–water partition coefficient (Wildman–Crippen LogP) is 2.13. The Bertz CT molecular complexity index is 1010. The molecule has 2 amide bonds. The van der Waals surface area contributed by atoms with Crippen LogP contribution < -0.4 is 30.7 Å². The summed E-state index contributed by atoms with van der Waals surface area (Å²) >= 11 is 0. The third kappa shape index (κ3) is 4.18. The lowest BCUT2D eigenvalue weighted by Crippen LogP contribution is -2.35. The third-order valence-electron chi connectivity index (χ3n) is 5.58. The predicted molar refractivity (Wildman–Crippen MR) is 117 cm³/mol. The van der Waals surface area contributed by atoms with Gasteiger partial charge in [-0.1, -0.05) is 0 Å². The molecule has 0 unspecified atom stereocenters. The molecule has 0 aliphatic carbocycles. The van der Waals surface area contributed by atoms with E-state index in [9.17, 15) is 9.59 Å². The first-order chi connectivity index (χ1) is 15.0. The van der Waals surface area contributed by atoms with Crippen molar-refractivity contribution in [1.82, 2.24) is 9.97 Å². The van der Waals surface area contributed by atoms with E-state index in [2.05, 4.69) is 25.5 Å². The van der Waals surface area contributed by atoms with Crippen LogP contribution in [0.4, 0.5) is 23.3 Å². The molecule has 4 N–H and O–H groups in total. The number of anilines is 4. The van der Waals surface area contributed by atoms with Gasteiger partial charge in [0.15, 0.2) is 0 Å². The second-order valence-corrected chi connectivity index (χ2v) is 7.58. The van der Waals surface area contributed by atoms with E-state index in [1.54, 1.807) is 25.3 Å². The summed E-state index contributed by atoms with van der Waals surface area (Å²) in [6.45, 7) is 1.68. The van der Waals surface area contributed by atoms with Gasteiger partial charge in [0.2, 0.25) is 17.8 Å². The lowest BCUT2D eigenvalue weighted by molar-refractivity contribution is -0.123. The van der Waals surface area contributed by atoms with Gasteiger partial charge in [0.25, 0.3) is 0 Å². The zero-order valence-corrected chi connectivity index (χ0v) is 17.6. The maximum Gasteiger partial charge on any atom is 0.232 e. The number of carbonyl (C=O) groups is 2. The number of benzene rings is 1. The Morgan fingerprint density at radius 1 is 1.19 bits per heavy atom. The lowest BCUT2D eigenvalue weighted by Gasteiger charge is -2.30. The molecule has 1 saturated heterocycles. The smallest absolute Gasteiger partial charge is 0.232 e. The fourth-order valence-electron chi connectivity index (χ4n) is 3.96. The molecule has 10 heteroatoms. The molecule has 164 valence electrons. The van der Waals surface area contributed by atoms with Crippen molar-refractivity contribution in [1.29, 1.82) is 0 Å². The number of ether oxygens (including phenoxy) is 2. The van der Waals surface area contributed by atoms with Crippen molar-refractivity contribution in [2.75, 3.05) is 48.6 Å². The summed E-state index contributed by atoms with van der Waals surface area (Å²) in [5.74, 6) is 0.522. The van der Waals surface area contributed by atoms with Crippen LogP contribution in [0.25, 0.3) is 0 Å². The topological polar surface area (TPSA) is 132 Å². The van der Waals surface area contributed by atoms with Gasteiger partial charge in [-0.2, -0.15) is 9.97 Å². The molecule has 31 heavy (non-hydrogen) atoms. The molecule has 2 aromatic rings. The Morgan fingerprint density at radius 2 is 1.97 bits per heavy atom. The molecule has 1 aromatic carbocycles. The Balaban J connectivity index is 1.63. The van der Waals surface area contributed by atoms with E-state index in [0.717, 1.165) is 25.9 Å². The molecule has 0 saturated carbocycles. The van der Waals surface area contributed by atoms with Crippen LogP contribution in [-0.2, 0) is 9.59 Å². The van der Waals surface area contributed by atoms with Crippen molar-refractivity contribution in [3.8, 4) is 11.5 Å². The van der Waals surface area contributed by atoms with Crippen LogP contribution in [0.2, 0.25) is 0 Å². The van der Waals surface area contributed by atoms with E-state index in [4.69, 9.17) is 15.2 Å². The summed E-state index contributed by atoms with van der Waals surface area (Å²) in [6.07, 6.45) is 3.24. The molecule has 4 rings (SSSR count). The fraction of sp³-hybridized carbons (Fsp3) is 0.429. The Labute approximate surface area is 180 Å². The molecule has 10 nitrogen and oxygen atoms in total. The first-order valence-electron chi connectivity index (χ1n) is 10.2. The van der Waals surface area contributed by atoms with Gasteiger partial charge in [-0.3, -0.25) is 9.59 Å². The maximum absolute atomic E-state index is 13.1. The number of nitrogen functional groups attached to an aromatic ring is 1. The van der Waals surface area contributed by atoms with Crippen LogP contribution in [0.5, 0.6) is 11.5 Å². The zero-order chi connectivity index (χ0) is 22.0. The maximum atomic E-state index is 13.1. The van der Waals surface area contributed by atoms with Gasteiger partial charge in [0, 0.05) is 25.6 Å². The molecule has 0 bridgehead atoms. The quantitative estimate of drug-likeness (QED) is 0.663. The van der Waals surface area contributed by atoms with Crippen LogP contribution in [0, 0.1) is 0 Å². The minimum atomic E-state index is -0.814. The zero-order valence-electron chi connectivity index (χ0n) is 17.6. The summed E-state index contributed by atoms with van der Waals surface area (Å²) in [5.41, 5.74) is 7.16. The van der Waals surface area contributed by atoms with E-state index in [1.807, 2.05) is 0 Å². The minimum Gasteiger partial charge on any atom is -0.497 e. The van der Waals surface area contributed by atoms with Gasteiger partial charge >= 0.3 is 0 Å². The van der Waals surface area contributed by atoms with Crippen molar-refractivity contribution in [3.63, 3.8) is 0 Å². The summed E-state index contributed by atoms with van der Waals surface area (Å²) < 4.78 is 10.5. The van der Waals surface area contributed by atoms with E-state index in [-0.39, 0.29) is 24.1 Å². The number of hydrogen-bond donors (Lipinski definition) is 3. The van der Waals surface area contributed by atoms with Crippen LogP contribution in [-0.4, -0.2) is 49.1 Å². The van der Waals surface area contributed by atoms with Crippen LogP contribution in [0.3, 0.4) is 0 Å². The first kappa shape index (κ1) is 20.7. The number of aromatic nitrogens is 2. The minimum absolute atomic E-state index is 0.0477. The number of piperidine rings is 1. The number of fused-ring (bicyclic) bond motifs is 1. The van der Waals surface area contributed by atoms with E-state index in [1.165, 1.54) is 13.5 Å². The van der Waals surface area contributed by atoms with Crippen LogP contribution >= 0.6 is 0 Å². The number of methoxy groups -OCH3 is 2. The molecule has 1 atom stereocenters. The SMILES string of the molecule is COc1ccc(NC(=O)[C@H]2CC(=O)Nc3nc(N4CCCCC4)nc(N)c32)c(OC)c1. The summed E-state index contributed by atoms with van der Waals surface area (Å²) in [6, 6.07) is 5.06. The number of nitrogens with one attached hydrogen (secondary N) is 2. The van der Waals surface area contributed by atoms with E-state index < -0.39 is 5.92 Å². The number of carbonyl (C=O) groups excluding carboxylic acids is 2. The van der Waals surface area contributed by atoms with Crippen LogP contribution in [0.1, 0.15) is 37.2 Å². The highest BCUT2D eigenvalue weighted by atomic mass is 16.5. The van der Waals surface area contributed by atoms with Gasteiger partial charge in [0.05, 0.1) is 31.4 Å². The number of amides is 2. The van der Waals surface area contributed by atoms with Gasteiger partial charge in [-0.15, -0.1) is 0 Å². The third-order valence-corrected chi connectivity index (χ3v) is 5.58. The molecule has 1 aromatic heterocycles. The molecule has 3 heterocycles. The molecule has 2 aliphatic heterocycles. The number of rotatable bonds is 5. The monoisotopic (exact) mass is 426 g/mol. The summed E-state index contributed by atoms with van der Waals surface area (Å²) in [7, 11) is 3.05. The molecule has 0 spiro atoms. The molecule has 2 aliphatic rings. The summed E-state index contributed by atoms with van der Waals surface area (Å²) in [4.78, 5) is 36.5. The normalized spacial score (nSPS) is 18.1. The van der Waals surface area contributed by atoms with Crippen molar-refractivity contribution >= 4 is 35.1 Å². The first-order valence-corrected chi connectivity index (χ1v) is 10.2. The largest absolute Gasteiger partial charge is 0.497 e. The van der Waals surface area contributed by atoms with Gasteiger partial charge < -0.3 is 30.7 Å². The van der Waals surface area contributed by atoms with Crippen molar-refractivity contribution < 1.29 is 19.1 Å². The highest BCUT2D eigenvalue weighted by molar-refractivity contribution is 6.06. The van der Waals surface area contributed by atoms with E-state index in [0.29, 0.717) is 34.5 Å². The lowest BCUT2D eigenvalue weighted by atomic mass is 9.91. The van der Waals surface area contributed by atoms with Gasteiger partial charge in [0.1, 0.15) is 23.1 Å². The molecular formula is C21H26N6O4. The standard InChI is InChI=1S/C21H26N6O4/c1-30-12-6-7-14(15(10-12)31-2)23-20(29)13-11-16(28)24-19-17(13)18(22)25-21(26-19)27-8-4-3-5-9-27/h6-7,10,13H,3-5,8-9,11H2,1-2H3,(H,23,29)(H3,22,24,25,26,28)/t13-/m0/s1. The van der Waals surface area contributed by atoms with Gasteiger partial charge in [-0.05, 0) is 31.4 Å². The molecular weight excluding hydrogens is 400 g/mol.